The highest BCUT2D eigenvalue weighted by atomic mass is 16.4. The summed E-state index contributed by atoms with van der Waals surface area (Å²) >= 11 is 0. The third kappa shape index (κ3) is 1.95. The Morgan fingerprint density at radius 1 is 1.32 bits per heavy atom. The molecule has 0 saturated carbocycles. The van der Waals surface area contributed by atoms with Gasteiger partial charge in [0.25, 0.3) is 0 Å². The molecule has 0 radical (unpaired) electrons. The highest BCUT2D eigenvalue weighted by Gasteiger charge is 2.14. The van der Waals surface area contributed by atoms with E-state index in [2.05, 4.69) is 15.0 Å². The lowest BCUT2D eigenvalue weighted by Gasteiger charge is -2.01. The van der Waals surface area contributed by atoms with Gasteiger partial charge in [-0.3, -0.25) is 0 Å². The van der Waals surface area contributed by atoms with Crippen molar-refractivity contribution in [3.8, 4) is 11.4 Å². The summed E-state index contributed by atoms with van der Waals surface area (Å²) in [5.41, 5.74) is 3.19. The van der Waals surface area contributed by atoms with Crippen molar-refractivity contribution >= 4 is 17.1 Å². The van der Waals surface area contributed by atoms with E-state index in [0.29, 0.717) is 17.0 Å². The molecule has 2 N–H and O–H groups in total. The van der Waals surface area contributed by atoms with Crippen LogP contribution >= 0.6 is 0 Å². The first-order valence-electron chi connectivity index (χ1n) is 5.80. The number of carboxylic acids is 1. The minimum absolute atomic E-state index is 0.221. The van der Waals surface area contributed by atoms with Crippen molar-refractivity contribution in [2.24, 2.45) is 0 Å². The fourth-order valence-electron chi connectivity index (χ4n) is 2.01. The Labute approximate surface area is 109 Å². The van der Waals surface area contributed by atoms with E-state index >= 15 is 0 Å². The first-order valence-corrected chi connectivity index (χ1v) is 5.80. The molecule has 0 aliphatic rings. The Balaban J connectivity index is 2.22. The van der Waals surface area contributed by atoms with Gasteiger partial charge in [0.05, 0.1) is 11.1 Å². The summed E-state index contributed by atoms with van der Waals surface area (Å²) in [4.78, 5) is 22.9. The monoisotopic (exact) mass is 253 g/mol. The van der Waals surface area contributed by atoms with Gasteiger partial charge in [0.2, 0.25) is 0 Å². The molecule has 0 atom stereocenters. The van der Waals surface area contributed by atoms with Crippen LogP contribution in [0.15, 0.2) is 36.5 Å². The lowest BCUT2D eigenvalue weighted by Crippen LogP contribution is -1.99. The van der Waals surface area contributed by atoms with Crippen molar-refractivity contribution in [1.29, 1.82) is 0 Å². The molecule has 0 saturated heterocycles. The number of aromatic amines is 1. The maximum Gasteiger partial charge on any atom is 0.336 e. The van der Waals surface area contributed by atoms with Crippen LogP contribution < -0.4 is 0 Å². The number of carboxylic acid groups (broad SMARTS) is 1. The quantitative estimate of drug-likeness (QED) is 0.735. The number of nitrogens with zero attached hydrogens (tertiary/aromatic N) is 2. The van der Waals surface area contributed by atoms with Crippen LogP contribution in [-0.2, 0) is 0 Å². The Bertz CT molecular complexity index is 777. The van der Waals surface area contributed by atoms with Crippen molar-refractivity contribution < 1.29 is 9.90 Å². The third-order valence-corrected chi connectivity index (χ3v) is 2.89. The molecule has 2 heterocycles. The van der Waals surface area contributed by atoms with Gasteiger partial charge in [-0.15, -0.1) is 0 Å². The molecule has 0 bridgehead atoms. The molecule has 1 aromatic carbocycles. The molecule has 5 heteroatoms. The third-order valence-electron chi connectivity index (χ3n) is 2.89. The van der Waals surface area contributed by atoms with Crippen molar-refractivity contribution in [1.82, 2.24) is 15.0 Å². The molecule has 0 spiro atoms. The van der Waals surface area contributed by atoms with Crippen LogP contribution in [-0.4, -0.2) is 26.0 Å². The highest BCUT2D eigenvalue weighted by molar-refractivity contribution is 5.95. The van der Waals surface area contributed by atoms with Crippen LogP contribution in [0.4, 0.5) is 0 Å². The largest absolute Gasteiger partial charge is 0.478 e. The Hall–Kier alpha value is -2.69. The van der Waals surface area contributed by atoms with Crippen LogP contribution in [0.2, 0.25) is 0 Å². The molecule has 0 aliphatic heterocycles. The number of nitrogens with one attached hydrogen (secondary N) is 1. The number of aromatic carboxylic acids is 1. The lowest BCUT2D eigenvalue weighted by atomic mass is 10.1. The molecular formula is C14H11N3O2. The van der Waals surface area contributed by atoms with Crippen LogP contribution in [0.25, 0.3) is 22.6 Å². The molecule has 5 nitrogen and oxygen atoms in total. The van der Waals surface area contributed by atoms with Crippen LogP contribution in [0, 0.1) is 6.92 Å². The zero-order chi connectivity index (χ0) is 13.4. The van der Waals surface area contributed by atoms with E-state index in [-0.39, 0.29) is 5.56 Å². The second kappa shape index (κ2) is 4.20. The summed E-state index contributed by atoms with van der Waals surface area (Å²) in [5, 5.41) is 9.19. The summed E-state index contributed by atoms with van der Waals surface area (Å²) < 4.78 is 0. The molecule has 0 fully saturated rings. The van der Waals surface area contributed by atoms with E-state index in [9.17, 15) is 9.90 Å². The van der Waals surface area contributed by atoms with Gasteiger partial charge in [0.15, 0.2) is 5.65 Å². The minimum atomic E-state index is -0.972. The van der Waals surface area contributed by atoms with Crippen LogP contribution in [0.3, 0.4) is 0 Å². The minimum Gasteiger partial charge on any atom is -0.478 e. The standard InChI is InChI=1S/C14H11N3O2/c1-8-6-11-13(15-7-8)17-12(16-11)9-4-2-3-5-10(9)14(18)19/h2-7H,1H3,(H,18,19)(H,15,16,17). The number of fused-ring (bicyclic) bond motifs is 1. The molecule has 3 aromatic rings. The molecule has 3 rings (SSSR count). The number of imidazole rings is 1. The number of hydrogen-bond acceptors (Lipinski definition) is 3. The highest BCUT2D eigenvalue weighted by Crippen LogP contribution is 2.23. The van der Waals surface area contributed by atoms with Gasteiger partial charge in [-0.25, -0.2) is 14.8 Å². The van der Waals surface area contributed by atoms with Crippen molar-refractivity contribution in [3.05, 3.63) is 47.7 Å². The Morgan fingerprint density at radius 2 is 2.11 bits per heavy atom. The van der Waals surface area contributed by atoms with Gasteiger partial charge in [0, 0.05) is 11.8 Å². The summed E-state index contributed by atoms with van der Waals surface area (Å²) in [6.07, 6.45) is 1.73. The number of benzene rings is 1. The Kier molecular flexibility index (Phi) is 2.52. The molecule has 0 aliphatic carbocycles. The SMILES string of the molecule is Cc1cnc2nc(-c3ccccc3C(=O)O)[nH]c2c1. The van der Waals surface area contributed by atoms with E-state index < -0.39 is 5.97 Å². The second-order valence-corrected chi connectivity index (χ2v) is 4.32. The average Bonchev–Trinajstić information content (AvgIpc) is 2.81. The van der Waals surface area contributed by atoms with Gasteiger partial charge < -0.3 is 10.1 Å². The summed E-state index contributed by atoms with van der Waals surface area (Å²) in [6, 6.07) is 8.70. The lowest BCUT2D eigenvalue weighted by molar-refractivity contribution is 0.0697. The summed E-state index contributed by atoms with van der Waals surface area (Å²) in [6.45, 7) is 1.94. The van der Waals surface area contributed by atoms with Gasteiger partial charge in [-0.2, -0.15) is 0 Å². The molecule has 0 amide bonds. The molecule has 94 valence electrons. The number of H-pyrrole nitrogens is 1. The normalized spacial score (nSPS) is 10.8. The van der Waals surface area contributed by atoms with Gasteiger partial charge in [-0.05, 0) is 24.6 Å². The topological polar surface area (TPSA) is 78.9 Å². The predicted molar refractivity (Wildman–Crippen MR) is 71.0 cm³/mol. The van der Waals surface area contributed by atoms with E-state index in [1.807, 2.05) is 13.0 Å². The summed E-state index contributed by atoms with van der Waals surface area (Å²) in [7, 11) is 0. The molecule has 0 unspecified atom stereocenters. The maximum atomic E-state index is 11.2. The smallest absolute Gasteiger partial charge is 0.336 e. The molecule has 19 heavy (non-hydrogen) atoms. The first-order chi connectivity index (χ1) is 9.15. The zero-order valence-electron chi connectivity index (χ0n) is 10.2. The van der Waals surface area contributed by atoms with E-state index in [0.717, 1.165) is 11.1 Å². The number of carbonyl (C=O) groups is 1. The summed E-state index contributed by atoms with van der Waals surface area (Å²) in [5.74, 6) is -0.453. The molecular weight excluding hydrogens is 242 g/mol. The second-order valence-electron chi connectivity index (χ2n) is 4.32. The fraction of sp³-hybridized carbons (Fsp3) is 0.0714. The number of aryl methyl sites for hydroxylation is 1. The molecule has 2 aromatic heterocycles. The average molecular weight is 253 g/mol. The van der Waals surface area contributed by atoms with E-state index in [4.69, 9.17) is 0 Å². The number of aromatic nitrogens is 3. The van der Waals surface area contributed by atoms with Crippen molar-refractivity contribution in [2.45, 2.75) is 6.92 Å². The zero-order valence-corrected chi connectivity index (χ0v) is 10.2. The number of rotatable bonds is 2. The fourth-order valence-corrected chi connectivity index (χ4v) is 2.01. The number of pyridine rings is 1. The van der Waals surface area contributed by atoms with Crippen molar-refractivity contribution in [3.63, 3.8) is 0 Å². The van der Waals surface area contributed by atoms with Gasteiger partial charge in [0.1, 0.15) is 5.82 Å². The van der Waals surface area contributed by atoms with Gasteiger partial charge >= 0.3 is 5.97 Å². The van der Waals surface area contributed by atoms with Crippen molar-refractivity contribution in [2.75, 3.05) is 0 Å². The Morgan fingerprint density at radius 3 is 2.89 bits per heavy atom. The van der Waals surface area contributed by atoms with Crippen LogP contribution in [0.5, 0.6) is 0 Å². The van der Waals surface area contributed by atoms with Crippen LogP contribution in [0.1, 0.15) is 15.9 Å². The van der Waals surface area contributed by atoms with E-state index in [1.54, 1.807) is 30.5 Å². The first kappa shape index (κ1) is 11.4. The van der Waals surface area contributed by atoms with Gasteiger partial charge in [-0.1, -0.05) is 18.2 Å². The number of hydrogen-bond donors (Lipinski definition) is 2. The predicted octanol–water partition coefficient (Wildman–Crippen LogP) is 2.63. The maximum absolute atomic E-state index is 11.2. The van der Waals surface area contributed by atoms with E-state index in [1.165, 1.54) is 0 Å².